The Hall–Kier alpha value is -3.06. The first-order valence-corrected chi connectivity index (χ1v) is 14.4. The molecular formula is C27H32ClFN6O4S. The number of hydrogen-bond donors (Lipinski definition) is 2. The minimum Gasteiger partial charge on any atom is -0.463 e. The van der Waals surface area contributed by atoms with E-state index in [1.165, 1.54) is 23.5 Å². The lowest BCUT2D eigenvalue weighted by Gasteiger charge is -2.38. The molecule has 0 aliphatic carbocycles. The number of nitrogens with zero attached hydrogens (tertiary/aromatic N) is 5. The average molecular weight is 591 g/mol. The summed E-state index contributed by atoms with van der Waals surface area (Å²) in [5.41, 5.74) is 0.179. The maximum atomic E-state index is 14.5. The molecule has 5 rings (SSSR count). The highest BCUT2D eigenvalue weighted by atomic mass is 35.5. The van der Waals surface area contributed by atoms with E-state index < -0.39 is 23.4 Å². The van der Waals surface area contributed by atoms with Gasteiger partial charge in [0.25, 0.3) is 0 Å². The number of urea groups is 1. The van der Waals surface area contributed by atoms with E-state index in [0.29, 0.717) is 54.8 Å². The van der Waals surface area contributed by atoms with Crippen molar-refractivity contribution < 1.29 is 23.8 Å². The van der Waals surface area contributed by atoms with Crippen LogP contribution in [0.15, 0.2) is 46.0 Å². The molecule has 3 aliphatic heterocycles. The average Bonchev–Trinajstić information content (AvgIpc) is 3.53. The van der Waals surface area contributed by atoms with Crippen LogP contribution in [0.4, 0.5) is 9.18 Å². The minimum absolute atomic E-state index is 0.0561. The van der Waals surface area contributed by atoms with Gasteiger partial charge in [-0.15, -0.1) is 11.3 Å². The number of nitrogens with one attached hydrogen (secondary N) is 1. The number of halogens is 2. The molecule has 1 aromatic carbocycles. The topological polar surface area (TPSA) is 111 Å². The number of benzene rings is 1. The summed E-state index contributed by atoms with van der Waals surface area (Å²) in [7, 11) is 0. The van der Waals surface area contributed by atoms with Crippen LogP contribution < -0.4 is 5.32 Å². The standard InChI is InChI=1S/C27H32ClFN6O4S/c1-4-39-25(36)20-19(14-33-9-10-35-16(12-33)13-34(26(35)37)15-27(2,3)38)31-23(24-30-8-11-40-24)32-22(20)17-6-5-7-18(29)21(17)28/h5-8,11,16,22,38H,4,9-10,12-15H2,1-3H3,(H,31,32). The Morgan fingerprint density at radius 1 is 1.32 bits per heavy atom. The summed E-state index contributed by atoms with van der Waals surface area (Å²) in [6.07, 6.45) is 1.66. The van der Waals surface area contributed by atoms with E-state index in [1.54, 1.807) is 37.9 Å². The highest BCUT2D eigenvalue weighted by Crippen LogP contribution is 2.37. The van der Waals surface area contributed by atoms with Crippen LogP contribution in [0, 0.1) is 5.82 Å². The highest BCUT2D eigenvalue weighted by Gasteiger charge is 2.43. The molecule has 2 unspecified atom stereocenters. The fourth-order valence-corrected chi connectivity index (χ4v) is 6.20. The lowest BCUT2D eigenvalue weighted by atomic mass is 9.95. The third-order valence-electron chi connectivity index (χ3n) is 7.01. The largest absolute Gasteiger partial charge is 0.463 e. The smallest absolute Gasteiger partial charge is 0.338 e. The predicted octanol–water partition coefficient (Wildman–Crippen LogP) is 3.04. The first-order valence-electron chi connectivity index (χ1n) is 13.1. The third-order valence-corrected chi connectivity index (χ3v) is 8.18. The van der Waals surface area contributed by atoms with E-state index in [1.807, 2.05) is 10.3 Å². The monoisotopic (exact) mass is 590 g/mol. The molecule has 40 heavy (non-hydrogen) atoms. The van der Waals surface area contributed by atoms with Crippen LogP contribution in [0.2, 0.25) is 5.02 Å². The number of amidine groups is 1. The van der Waals surface area contributed by atoms with Gasteiger partial charge < -0.3 is 25.0 Å². The van der Waals surface area contributed by atoms with Crippen LogP contribution in [0.5, 0.6) is 0 Å². The van der Waals surface area contributed by atoms with Crippen molar-refractivity contribution in [2.45, 2.75) is 38.5 Å². The van der Waals surface area contributed by atoms with E-state index in [0.717, 1.165) is 0 Å². The number of piperazine rings is 1. The van der Waals surface area contributed by atoms with Gasteiger partial charge in [0.2, 0.25) is 0 Å². The van der Waals surface area contributed by atoms with Crippen molar-refractivity contribution in [2.75, 3.05) is 45.9 Å². The third kappa shape index (κ3) is 5.85. The Kier molecular flexibility index (Phi) is 8.14. The number of thiazole rings is 1. The Morgan fingerprint density at radius 2 is 2.12 bits per heavy atom. The molecule has 2 aromatic rings. The van der Waals surface area contributed by atoms with Gasteiger partial charge in [-0.2, -0.15) is 0 Å². The van der Waals surface area contributed by atoms with Gasteiger partial charge in [0.1, 0.15) is 11.9 Å². The van der Waals surface area contributed by atoms with Gasteiger partial charge in [0, 0.05) is 55.6 Å². The van der Waals surface area contributed by atoms with Gasteiger partial charge >= 0.3 is 12.0 Å². The highest BCUT2D eigenvalue weighted by molar-refractivity contribution is 7.11. The van der Waals surface area contributed by atoms with Crippen LogP contribution in [0.25, 0.3) is 0 Å². The Labute approximate surface area is 241 Å². The molecule has 4 heterocycles. The number of carbonyl (C=O) groups excluding carboxylic acids is 2. The molecule has 1 aromatic heterocycles. The molecule has 2 N–H and O–H groups in total. The number of ether oxygens (including phenoxy) is 1. The van der Waals surface area contributed by atoms with Crippen LogP contribution in [-0.4, -0.2) is 100 Å². The minimum atomic E-state index is -0.992. The number of aromatic nitrogens is 1. The Bertz CT molecular complexity index is 1340. The lowest BCUT2D eigenvalue weighted by Crippen LogP contribution is -2.53. The van der Waals surface area contributed by atoms with Crippen molar-refractivity contribution in [1.29, 1.82) is 0 Å². The van der Waals surface area contributed by atoms with Gasteiger partial charge in [-0.25, -0.2) is 19.0 Å². The lowest BCUT2D eigenvalue weighted by molar-refractivity contribution is -0.139. The number of aliphatic imine (C=N–C) groups is 1. The molecule has 2 amide bonds. The van der Waals surface area contributed by atoms with Crippen molar-refractivity contribution in [2.24, 2.45) is 4.99 Å². The first-order chi connectivity index (χ1) is 19.1. The van der Waals surface area contributed by atoms with Crippen LogP contribution in [0.3, 0.4) is 0 Å². The zero-order valence-corrected chi connectivity index (χ0v) is 24.1. The maximum absolute atomic E-state index is 14.5. The predicted molar refractivity (Wildman–Crippen MR) is 150 cm³/mol. The van der Waals surface area contributed by atoms with E-state index >= 15 is 0 Å². The molecule has 0 saturated carbocycles. The maximum Gasteiger partial charge on any atom is 0.338 e. The summed E-state index contributed by atoms with van der Waals surface area (Å²) in [5, 5.41) is 15.9. The molecular weight excluding hydrogens is 559 g/mol. The summed E-state index contributed by atoms with van der Waals surface area (Å²) in [6, 6.07) is 3.41. The quantitative estimate of drug-likeness (QED) is 0.455. The van der Waals surface area contributed by atoms with E-state index in [4.69, 9.17) is 21.3 Å². The molecule has 2 saturated heterocycles. The fraction of sp³-hybridized carbons (Fsp3) is 0.481. The van der Waals surface area contributed by atoms with Crippen LogP contribution in [-0.2, 0) is 9.53 Å². The normalized spacial score (nSPS) is 21.9. The zero-order valence-electron chi connectivity index (χ0n) is 22.6. The molecule has 3 aliphatic rings. The van der Waals surface area contributed by atoms with Gasteiger partial charge in [0.05, 0.1) is 35.4 Å². The number of esters is 1. The summed E-state index contributed by atoms with van der Waals surface area (Å²) in [5.74, 6) is -0.719. The summed E-state index contributed by atoms with van der Waals surface area (Å²) in [6.45, 7) is 8.01. The second kappa shape index (κ2) is 11.4. The molecule has 10 nitrogen and oxygen atoms in total. The number of fused-ring (bicyclic) bond motifs is 1. The van der Waals surface area contributed by atoms with Crippen molar-refractivity contribution in [3.63, 3.8) is 0 Å². The van der Waals surface area contributed by atoms with Crippen molar-refractivity contribution >= 4 is 40.8 Å². The SMILES string of the molecule is CCOC(=O)C1=C(CN2CCN3C(=O)N(CC(C)(C)O)CC3C2)NC(c2nccs2)=NC1c1cccc(F)c1Cl. The summed E-state index contributed by atoms with van der Waals surface area (Å²) < 4.78 is 20.0. The Balaban J connectivity index is 1.48. The summed E-state index contributed by atoms with van der Waals surface area (Å²) in [4.78, 5) is 41.2. The molecule has 0 spiro atoms. The Morgan fingerprint density at radius 3 is 2.83 bits per heavy atom. The molecule has 2 atom stereocenters. The summed E-state index contributed by atoms with van der Waals surface area (Å²) >= 11 is 7.78. The van der Waals surface area contributed by atoms with Crippen LogP contribution in [0.1, 0.15) is 37.4 Å². The number of rotatable bonds is 8. The molecule has 0 radical (unpaired) electrons. The fourth-order valence-electron chi connectivity index (χ4n) is 5.38. The first kappa shape index (κ1) is 28.5. The number of carbonyl (C=O) groups is 2. The van der Waals surface area contributed by atoms with Crippen LogP contribution >= 0.6 is 22.9 Å². The van der Waals surface area contributed by atoms with E-state index in [2.05, 4.69) is 15.2 Å². The van der Waals surface area contributed by atoms with Crippen molar-refractivity contribution in [3.8, 4) is 0 Å². The van der Waals surface area contributed by atoms with Gasteiger partial charge in [0.15, 0.2) is 10.8 Å². The number of hydrogen-bond acceptors (Lipinski definition) is 9. The van der Waals surface area contributed by atoms with Gasteiger partial charge in [-0.05, 0) is 26.8 Å². The number of β-amino-alcohol motifs (C(OH)–C–C–N with tert-alkyl or cyclic N) is 1. The molecule has 0 bridgehead atoms. The van der Waals surface area contributed by atoms with Gasteiger partial charge in [-0.1, -0.05) is 23.7 Å². The second-order valence-corrected chi connectivity index (χ2v) is 11.9. The van der Waals surface area contributed by atoms with Gasteiger partial charge in [-0.3, -0.25) is 9.89 Å². The number of amides is 2. The molecule has 2 fully saturated rings. The molecule has 13 heteroatoms. The van der Waals surface area contributed by atoms with Crippen molar-refractivity contribution in [1.82, 2.24) is 25.0 Å². The number of aliphatic hydroxyl groups is 1. The molecule has 214 valence electrons. The van der Waals surface area contributed by atoms with E-state index in [-0.39, 0.29) is 35.8 Å². The second-order valence-electron chi connectivity index (χ2n) is 10.7. The zero-order chi connectivity index (χ0) is 28.6. The van der Waals surface area contributed by atoms with E-state index in [9.17, 15) is 19.1 Å². The van der Waals surface area contributed by atoms with Crippen molar-refractivity contribution in [3.05, 3.63) is 62.5 Å².